The smallest absolute Gasteiger partial charge is 0.336 e. The number of thioether (sulfide) groups is 1. The summed E-state index contributed by atoms with van der Waals surface area (Å²) in [5.41, 5.74) is 3.19. The number of urea groups is 1. The number of phenolic OH excluding ortho intramolecular Hbond substituents is 1. The summed E-state index contributed by atoms with van der Waals surface area (Å²) in [6.45, 7) is 4.38. The van der Waals surface area contributed by atoms with Crippen LogP contribution in [0.2, 0.25) is 0 Å². The van der Waals surface area contributed by atoms with E-state index in [9.17, 15) is 116 Å². The van der Waals surface area contributed by atoms with Gasteiger partial charge >= 0.3 is 41.8 Å². The van der Waals surface area contributed by atoms with Gasteiger partial charge in [0.25, 0.3) is 0 Å². The number of carboxylic acids is 6. The maximum absolute atomic E-state index is 14.9. The zero-order chi connectivity index (χ0) is 80.3. The van der Waals surface area contributed by atoms with Gasteiger partial charge in [0.1, 0.15) is 53.6 Å². The first-order valence-corrected chi connectivity index (χ1v) is 34.7. The van der Waals surface area contributed by atoms with Crippen LogP contribution in [-0.2, 0) is 75.2 Å². The molecule has 17 N–H and O–H groups in total. The van der Waals surface area contributed by atoms with Crippen molar-refractivity contribution in [2.24, 2.45) is 17.1 Å². The van der Waals surface area contributed by atoms with Crippen molar-refractivity contribution < 1.29 is 121 Å². The van der Waals surface area contributed by atoms with E-state index >= 15 is 0 Å². The summed E-state index contributed by atoms with van der Waals surface area (Å²) in [6.07, 6.45) is -3.39. The van der Waals surface area contributed by atoms with Crippen LogP contribution in [0.5, 0.6) is 5.75 Å². The number of halogens is 2. The number of benzene rings is 5. The van der Waals surface area contributed by atoms with Gasteiger partial charge in [-0.25, -0.2) is 37.7 Å². The number of carbonyl (C=O) groups excluding carboxylic acids is 9. The molecule has 0 radical (unpaired) electrons. The summed E-state index contributed by atoms with van der Waals surface area (Å²) >= 11 is 0.562. The van der Waals surface area contributed by atoms with Crippen molar-refractivity contribution in [3.05, 3.63) is 142 Å². The number of nitrogens with two attached hydrogens (primary N) is 1. The van der Waals surface area contributed by atoms with Crippen LogP contribution >= 0.6 is 11.8 Å². The number of fused-ring (bicyclic) bond motifs is 2. The van der Waals surface area contributed by atoms with Gasteiger partial charge in [0, 0.05) is 85.0 Å². The summed E-state index contributed by atoms with van der Waals surface area (Å²) < 4.78 is 35.4. The van der Waals surface area contributed by atoms with Crippen LogP contribution in [0.1, 0.15) is 93.6 Å². The first-order valence-electron chi connectivity index (χ1n) is 33.6. The molecule has 4 aromatic carbocycles. The minimum absolute atomic E-state index is 0.0616. The molecular weight excluding hydrogens is 1460 g/mol. The Labute approximate surface area is 621 Å². The molecule has 7 rings (SSSR count). The third kappa shape index (κ3) is 23.3. The number of amides is 10. The summed E-state index contributed by atoms with van der Waals surface area (Å²) in [4.78, 5) is 208. The van der Waals surface area contributed by atoms with E-state index in [1.54, 1.807) is 81.4 Å². The van der Waals surface area contributed by atoms with E-state index in [4.69, 9.17) is 15.3 Å². The fourth-order valence-corrected chi connectivity index (χ4v) is 12.9. The van der Waals surface area contributed by atoms with Gasteiger partial charge in [-0.05, 0) is 72.6 Å². The van der Waals surface area contributed by atoms with Crippen LogP contribution < -0.4 is 58.6 Å². The number of anilines is 1. The molecule has 0 bridgehead atoms. The van der Waals surface area contributed by atoms with Crippen LogP contribution in [0.25, 0.3) is 33.4 Å². The molecule has 0 aromatic heterocycles. The molecule has 109 heavy (non-hydrogen) atoms. The number of nitrogens with one attached hydrogen (secondary N) is 8. The maximum atomic E-state index is 14.9. The second-order valence-electron chi connectivity index (χ2n) is 26.3. The molecule has 3 aliphatic rings. The molecule has 2 heterocycles. The zero-order valence-corrected chi connectivity index (χ0v) is 59.3. The number of carboxylic acid groups (broad SMARTS) is 6. The summed E-state index contributed by atoms with van der Waals surface area (Å²) in [5, 5.41) is 85.8. The molecule has 34 nitrogen and oxygen atoms in total. The number of hydrogen-bond donors (Lipinski definition) is 16. The van der Waals surface area contributed by atoms with Gasteiger partial charge in [0.2, 0.25) is 52.7 Å². The topological polar surface area (TPSA) is 553 Å². The van der Waals surface area contributed by atoms with Crippen LogP contribution in [0.4, 0.5) is 19.3 Å². The van der Waals surface area contributed by atoms with Gasteiger partial charge in [-0.3, -0.25) is 52.7 Å². The van der Waals surface area contributed by atoms with Gasteiger partial charge in [-0.2, -0.15) is 0 Å². The minimum Gasteiger partial charge on any atom is -0.505 e. The van der Waals surface area contributed by atoms with Crippen LogP contribution in [0.15, 0.2) is 112 Å². The lowest BCUT2D eigenvalue weighted by Gasteiger charge is -2.30. The van der Waals surface area contributed by atoms with Crippen molar-refractivity contribution in [3.8, 4) is 28.2 Å². The summed E-state index contributed by atoms with van der Waals surface area (Å²) in [5.74, 6) is -21.5. The van der Waals surface area contributed by atoms with E-state index in [-0.39, 0.29) is 70.8 Å². The number of aliphatic carboxylic acids is 5. The number of aromatic hydroxyl groups is 1. The number of imide groups is 1. The highest BCUT2D eigenvalue weighted by Crippen LogP contribution is 2.44. The molecule has 1 saturated heterocycles. The van der Waals surface area contributed by atoms with Crippen molar-refractivity contribution in [1.82, 2.24) is 42.5 Å². The average molecular weight is 1540 g/mol. The van der Waals surface area contributed by atoms with Crippen molar-refractivity contribution in [1.29, 1.82) is 0 Å². The molecule has 4 aromatic rings. The normalized spacial score (nSPS) is 15.0. The second-order valence-corrected chi connectivity index (χ2v) is 27.5. The first kappa shape index (κ1) is 83.9. The standard InChI is InChI=1S/C72H78F2N10O24S/c1-34(20-21-76-56(87)18-16-45(67(100)101)82-71(107)83-46(68(102)103)17-19-58(89)90)31-72(2,3)70(106)81-48(23-36-12-8-5-9-13-36)63(95)79-47(22-35-10-6-4-7-11-35)62(94)77-32-44(75)61(93)78-49(27-59(91)92)64(96)80-50(69(104)105)33-109-55-30-57(88)84(65(55)97)37-14-15-38(39(24-37)66(98)99)60-40-25-42(73)51(85)28-53(40)108-54-29-52(86)43(74)26-41(54)60/h4-15,24-26,28-29,34,44-50,55,85H,16-23,27,30-33,75H2,1-3H3,(H,76,87)(H,77,94)(H,78,93)(H,79,95)(H,80,96)(H,81,106)(H,89,90)(H,91,92)(H,98,99)(H,100,101)(H,102,103)(H,104,105)(H2,82,83,107)/t34?,44-,45?,46-,47-,48-,49-,50-,55?/m0/s1. The Hall–Kier alpha value is -12.4. The molecule has 0 spiro atoms. The highest BCUT2D eigenvalue weighted by atomic mass is 32.2. The van der Waals surface area contributed by atoms with E-state index in [0.29, 0.717) is 34.2 Å². The number of aromatic carboxylic acids is 1. The Morgan fingerprint density at radius 3 is 1.76 bits per heavy atom. The minimum atomic E-state index is -2.04. The number of phenols is 1. The highest BCUT2D eigenvalue weighted by molar-refractivity contribution is 8.00. The quantitative estimate of drug-likeness (QED) is 0.0195. The first-order chi connectivity index (χ1) is 51.4. The molecule has 9 atom stereocenters. The molecular formula is C72H78F2N10O24S. The lowest BCUT2D eigenvalue weighted by Crippen LogP contribution is -2.59. The summed E-state index contributed by atoms with van der Waals surface area (Å²) in [6, 6.07) is 10.1. The van der Waals surface area contributed by atoms with Gasteiger partial charge in [0.05, 0.1) is 22.9 Å². The Morgan fingerprint density at radius 2 is 1.18 bits per heavy atom. The second kappa shape index (κ2) is 37.7. The van der Waals surface area contributed by atoms with Crippen LogP contribution in [0.3, 0.4) is 0 Å². The SMILES string of the molecule is CC(CCNC(=O)CCC(NC(=O)N[C@@H](CCC(=O)O)C(=O)O)C(=O)O)CC(C)(C)C(=O)N[C@@H](Cc1ccccc1)C(=O)N[C@@H](Cc1ccccc1)C(=O)NC[C@H](N)C(=O)N[C@@H](CC(=O)O)C(=O)N[C@@H](CSC1CC(=O)N(c2ccc(-c3c4cc(F)c(=O)cc-4oc4cc(O)c(F)cc34)c(C(=O)O)c2)C1=O)C(=O)O. The molecule has 37 heteroatoms. The summed E-state index contributed by atoms with van der Waals surface area (Å²) in [7, 11) is 0. The molecule has 3 unspecified atom stereocenters. The Kier molecular flexibility index (Phi) is 29.0. The number of hydrogen-bond acceptors (Lipinski definition) is 20. The Bertz CT molecular complexity index is 4530. The predicted molar refractivity (Wildman–Crippen MR) is 381 cm³/mol. The molecule has 1 fully saturated rings. The van der Waals surface area contributed by atoms with E-state index in [0.717, 1.165) is 42.5 Å². The van der Waals surface area contributed by atoms with Gasteiger partial charge in [0.15, 0.2) is 17.4 Å². The Morgan fingerprint density at radius 1 is 0.615 bits per heavy atom. The lowest BCUT2D eigenvalue weighted by atomic mass is 9.81. The fourth-order valence-electron chi connectivity index (χ4n) is 11.8. The molecule has 580 valence electrons. The lowest BCUT2D eigenvalue weighted by molar-refractivity contribution is -0.143. The number of nitrogens with zero attached hydrogens (tertiary/aromatic N) is 1. The van der Waals surface area contributed by atoms with E-state index in [1.165, 1.54) is 0 Å². The monoisotopic (exact) mass is 1540 g/mol. The third-order valence-electron chi connectivity index (χ3n) is 17.4. The zero-order valence-electron chi connectivity index (χ0n) is 58.5. The van der Waals surface area contributed by atoms with Crippen molar-refractivity contribution >= 4 is 118 Å². The third-order valence-corrected chi connectivity index (χ3v) is 18.7. The van der Waals surface area contributed by atoms with Gasteiger partial charge < -0.3 is 88.4 Å². The highest BCUT2D eigenvalue weighted by Gasteiger charge is 2.42. The van der Waals surface area contributed by atoms with Crippen molar-refractivity contribution in [2.75, 3.05) is 23.7 Å². The van der Waals surface area contributed by atoms with Crippen molar-refractivity contribution in [2.45, 2.75) is 133 Å². The van der Waals surface area contributed by atoms with E-state index in [1.807, 2.05) is 5.32 Å². The van der Waals surface area contributed by atoms with Crippen LogP contribution in [0, 0.1) is 23.0 Å². The molecule has 0 saturated carbocycles. The maximum Gasteiger partial charge on any atom is 0.336 e. The Balaban J connectivity index is 0.952. The fraction of sp³-hybridized carbons (Fsp3) is 0.361. The number of carbonyl (C=O) groups is 15. The average Bonchev–Trinajstić information content (AvgIpc) is 1.19. The predicted octanol–water partition coefficient (Wildman–Crippen LogP) is 2.45. The molecule has 10 amide bonds. The van der Waals surface area contributed by atoms with E-state index < -0.39 is 221 Å². The number of rotatable bonds is 39. The van der Waals surface area contributed by atoms with Gasteiger partial charge in [-0.1, -0.05) is 87.5 Å². The van der Waals surface area contributed by atoms with Crippen molar-refractivity contribution in [3.63, 3.8) is 0 Å². The largest absolute Gasteiger partial charge is 0.505 e. The molecule has 2 aliphatic heterocycles. The van der Waals surface area contributed by atoms with Crippen LogP contribution in [-0.4, -0.2) is 191 Å². The molecule has 1 aliphatic carbocycles. The van der Waals surface area contributed by atoms with E-state index in [2.05, 4.69) is 37.2 Å². The van der Waals surface area contributed by atoms with Gasteiger partial charge in [-0.15, -0.1) is 11.8 Å².